The third kappa shape index (κ3) is 3.20. The van der Waals surface area contributed by atoms with Crippen molar-refractivity contribution in [2.45, 2.75) is 19.5 Å². The van der Waals surface area contributed by atoms with Gasteiger partial charge in [0.1, 0.15) is 4.83 Å². The van der Waals surface area contributed by atoms with E-state index in [1.165, 1.54) is 22.2 Å². The molecule has 0 aliphatic heterocycles. The number of aryl methyl sites for hydroxylation is 1. The highest BCUT2D eigenvalue weighted by Crippen LogP contribution is 2.13. The third-order valence-corrected chi connectivity index (χ3v) is 4.77. The number of nitrogens with zero attached hydrogens (tertiary/aromatic N) is 2. The number of aromatic nitrogens is 2. The minimum absolute atomic E-state index is 0.0688. The van der Waals surface area contributed by atoms with Crippen molar-refractivity contribution in [3.63, 3.8) is 0 Å². The summed E-state index contributed by atoms with van der Waals surface area (Å²) < 4.78 is 1.49. The van der Waals surface area contributed by atoms with Crippen LogP contribution in [0.1, 0.15) is 11.3 Å². The number of hydrogen-bond donors (Lipinski definition) is 1. The molecule has 0 fully saturated rings. The van der Waals surface area contributed by atoms with E-state index in [9.17, 15) is 9.59 Å². The fourth-order valence-corrected chi connectivity index (χ4v) is 3.33. The van der Waals surface area contributed by atoms with Crippen molar-refractivity contribution in [1.82, 2.24) is 14.9 Å². The van der Waals surface area contributed by atoms with E-state index in [0.717, 1.165) is 9.71 Å². The molecular weight excluding hydrogens is 306 g/mol. The van der Waals surface area contributed by atoms with Gasteiger partial charge < -0.3 is 5.32 Å². The molecule has 0 aliphatic carbocycles. The Morgan fingerprint density at radius 1 is 1.29 bits per heavy atom. The monoisotopic (exact) mass is 319 g/mol. The molecule has 0 aromatic carbocycles. The molecule has 0 saturated heterocycles. The second-order valence-corrected chi connectivity index (χ2v) is 6.42. The first-order valence-electron chi connectivity index (χ1n) is 6.46. The molecule has 1 N–H and O–H groups in total. The van der Waals surface area contributed by atoms with Gasteiger partial charge in [-0.05, 0) is 22.9 Å². The quantitative estimate of drug-likeness (QED) is 0.784. The highest BCUT2D eigenvalue weighted by atomic mass is 32.1. The molecule has 5 nitrogen and oxygen atoms in total. The van der Waals surface area contributed by atoms with Crippen molar-refractivity contribution in [3.8, 4) is 0 Å². The number of carbonyl (C=O) groups excluding carboxylic acids is 1. The van der Waals surface area contributed by atoms with Gasteiger partial charge in [0.05, 0.1) is 18.3 Å². The minimum atomic E-state index is -0.0905. The first-order chi connectivity index (χ1) is 10.2. The Labute approximate surface area is 128 Å². The van der Waals surface area contributed by atoms with E-state index in [-0.39, 0.29) is 17.9 Å². The van der Waals surface area contributed by atoms with Crippen LogP contribution in [-0.4, -0.2) is 15.5 Å². The van der Waals surface area contributed by atoms with Crippen molar-refractivity contribution in [2.75, 3.05) is 0 Å². The summed E-state index contributed by atoms with van der Waals surface area (Å²) >= 11 is 3.04. The summed E-state index contributed by atoms with van der Waals surface area (Å²) in [5.41, 5.74) is -0.0905. The molecule has 21 heavy (non-hydrogen) atoms. The predicted octanol–water partition coefficient (Wildman–Crippen LogP) is 2.23. The highest BCUT2D eigenvalue weighted by Gasteiger charge is 2.07. The van der Waals surface area contributed by atoms with Gasteiger partial charge in [0, 0.05) is 17.8 Å². The number of carbonyl (C=O) groups is 1. The van der Waals surface area contributed by atoms with Crippen LogP contribution in [0.2, 0.25) is 0 Å². The number of hydrogen-bond acceptors (Lipinski definition) is 5. The van der Waals surface area contributed by atoms with Crippen molar-refractivity contribution in [3.05, 3.63) is 50.5 Å². The predicted molar refractivity (Wildman–Crippen MR) is 84.7 cm³/mol. The Bertz CT molecular complexity index is 805. The van der Waals surface area contributed by atoms with Crippen molar-refractivity contribution in [1.29, 1.82) is 0 Å². The van der Waals surface area contributed by atoms with Crippen LogP contribution in [0.5, 0.6) is 0 Å². The lowest BCUT2D eigenvalue weighted by Gasteiger charge is -2.06. The zero-order valence-corrected chi connectivity index (χ0v) is 12.7. The Kier molecular flexibility index (Phi) is 4.12. The van der Waals surface area contributed by atoms with Crippen LogP contribution < -0.4 is 10.9 Å². The molecule has 3 rings (SSSR count). The van der Waals surface area contributed by atoms with Gasteiger partial charge in [-0.1, -0.05) is 6.07 Å². The average Bonchev–Trinajstić information content (AvgIpc) is 3.15. The summed E-state index contributed by atoms with van der Waals surface area (Å²) in [6.07, 6.45) is 1.77. The molecule has 108 valence electrons. The summed E-state index contributed by atoms with van der Waals surface area (Å²) in [5.74, 6) is -0.0688. The van der Waals surface area contributed by atoms with Gasteiger partial charge in [-0.15, -0.1) is 22.7 Å². The van der Waals surface area contributed by atoms with Gasteiger partial charge in [-0.3, -0.25) is 14.2 Å². The molecule has 0 aliphatic rings. The summed E-state index contributed by atoms with van der Waals surface area (Å²) in [6.45, 7) is 0.876. The highest BCUT2D eigenvalue weighted by molar-refractivity contribution is 7.16. The third-order valence-electron chi connectivity index (χ3n) is 3.07. The molecule has 0 spiro atoms. The van der Waals surface area contributed by atoms with Crippen LogP contribution in [0.25, 0.3) is 10.2 Å². The summed E-state index contributed by atoms with van der Waals surface area (Å²) in [5, 5.41) is 7.28. The fraction of sp³-hybridized carbons (Fsp3) is 0.214. The normalized spacial score (nSPS) is 10.9. The van der Waals surface area contributed by atoms with E-state index in [0.29, 0.717) is 18.5 Å². The van der Waals surface area contributed by atoms with Crippen LogP contribution >= 0.6 is 22.7 Å². The first kappa shape index (κ1) is 14.0. The molecule has 7 heteroatoms. The number of rotatable bonds is 5. The van der Waals surface area contributed by atoms with Crippen LogP contribution in [0.4, 0.5) is 0 Å². The van der Waals surface area contributed by atoms with Gasteiger partial charge in [0.15, 0.2) is 0 Å². The number of fused-ring (bicyclic) bond motifs is 1. The number of nitrogens with one attached hydrogen (secondary N) is 1. The zero-order chi connectivity index (χ0) is 14.7. The standard InChI is InChI=1S/C14H13N3O2S2/c18-12(15-8-10-2-1-6-20-10)3-5-17-9-16-13-11(14(17)19)4-7-21-13/h1-2,4,6-7,9H,3,5,8H2,(H,15,18). The molecule has 1 amide bonds. The molecule has 0 bridgehead atoms. The topological polar surface area (TPSA) is 64.0 Å². The second-order valence-electron chi connectivity index (χ2n) is 4.49. The van der Waals surface area contributed by atoms with Gasteiger partial charge in [0.2, 0.25) is 5.91 Å². The van der Waals surface area contributed by atoms with Crippen LogP contribution in [0.15, 0.2) is 40.1 Å². The van der Waals surface area contributed by atoms with E-state index in [1.807, 2.05) is 22.9 Å². The molecule has 0 radical (unpaired) electrons. The summed E-state index contributed by atoms with van der Waals surface area (Å²) in [4.78, 5) is 30.0. The summed E-state index contributed by atoms with van der Waals surface area (Å²) in [6, 6.07) is 5.69. The molecular formula is C14H13N3O2S2. The van der Waals surface area contributed by atoms with Gasteiger partial charge in [0.25, 0.3) is 5.56 Å². The Morgan fingerprint density at radius 2 is 2.19 bits per heavy atom. The maximum Gasteiger partial charge on any atom is 0.262 e. The summed E-state index contributed by atoms with van der Waals surface area (Å²) in [7, 11) is 0. The van der Waals surface area contributed by atoms with Crippen molar-refractivity contribution >= 4 is 38.8 Å². The fourth-order valence-electron chi connectivity index (χ4n) is 1.96. The zero-order valence-electron chi connectivity index (χ0n) is 11.1. The van der Waals surface area contributed by atoms with E-state index < -0.39 is 0 Å². The lowest BCUT2D eigenvalue weighted by Crippen LogP contribution is -2.26. The Morgan fingerprint density at radius 3 is 3.00 bits per heavy atom. The maximum atomic E-state index is 12.1. The molecule has 0 atom stereocenters. The smallest absolute Gasteiger partial charge is 0.262 e. The van der Waals surface area contributed by atoms with Crippen LogP contribution in [0, 0.1) is 0 Å². The van der Waals surface area contributed by atoms with Crippen molar-refractivity contribution in [2.24, 2.45) is 0 Å². The number of thiophene rings is 2. The minimum Gasteiger partial charge on any atom is -0.351 e. The van der Waals surface area contributed by atoms with E-state index >= 15 is 0 Å². The van der Waals surface area contributed by atoms with Gasteiger partial charge in [-0.2, -0.15) is 0 Å². The average molecular weight is 319 g/mol. The molecule has 0 saturated carbocycles. The molecule has 3 aromatic rings. The van der Waals surface area contributed by atoms with Crippen molar-refractivity contribution < 1.29 is 4.79 Å². The number of amides is 1. The molecule has 0 unspecified atom stereocenters. The molecule has 3 heterocycles. The van der Waals surface area contributed by atoms with Gasteiger partial charge in [-0.25, -0.2) is 4.98 Å². The van der Waals surface area contributed by atoms with E-state index in [4.69, 9.17) is 0 Å². The van der Waals surface area contributed by atoms with Crippen LogP contribution in [-0.2, 0) is 17.9 Å². The Balaban J connectivity index is 1.59. The SMILES string of the molecule is O=C(CCn1cnc2sccc2c1=O)NCc1cccs1. The lowest BCUT2D eigenvalue weighted by molar-refractivity contribution is -0.121. The Hall–Kier alpha value is -1.99. The largest absolute Gasteiger partial charge is 0.351 e. The van der Waals surface area contributed by atoms with Crippen LogP contribution in [0.3, 0.4) is 0 Å². The van der Waals surface area contributed by atoms with Gasteiger partial charge >= 0.3 is 0 Å². The second kappa shape index (κ2) is 6.19. The lowest BCUT2D eigenvalue weighted by atomic mass is 10.3. The first-order valence-corrected chi connectivity index (χ1v) is 8.22. The maximum absolute atomic E-state index is 12.1. The van der Waals surface area contributed by atoms with E-state index in [2.05, 4.69) is 10.3 Å². The van der Waals surface area contributed by atoms with E-state index in [1.54, 1.807) is 17.4 Å². The molecule has 3 aromatic heterocycles.